The fourth-order valence-electron chi connectivity index (χ4n) is 1.55. The van der Waals surface area contributed by atoms with Crippen LogP contribution in [0.3, 0.4) is 0 Å². The Balaban J connectivity index is 2.25. The maximum Gasteiger partial charge on any atom is 0.139 e. The molecule has 5 heteroatoms. The summed E-state index contributed by atoms with van der Waals surface area (Å²) in [5.74, 6) is 1.38. The number of nitrogens with two attached hydrogens (primary N) is 1. The lowest BCUT2D eigenvalue weighted by Crippen LogP contribution is -2.20. The molecule has 4 N–H and O–H groups in total. The number of rotatable bonds is 7. The predicted molar refractivity (Wildman–Crippen MR) is 63.3 cm³/mol. The second kappa shape index (κ2) is 5.61. The van der Waals surface area contributed by atoms with Gasteiger partial charge in [0.05, 0.1) is 0 Å². The van der Waals surface area contributed by atoms with E-state index < -0.39 is 0 Å². The second-order valence-corrected chi connectivity index (χ2v) is 5.83. The van der Waals surface area contributed by atoms with Crippen molar-refractivity contribution >= 4 is 17.6 Å². The smallest absolute Gasteiger partial charge is 0.139 e. The number of amidine groups is 1. The van der Waals surface area contributed by atoms with E-state index in [0.717, 1.165) is 12.2 Å². The average molecular weight is 232 g/mol. The van der Waals surface area contributed by atoms with Gasteiger partial charge in [0.15, 0.2) is 0 Å². The monoisotopic (exact) mass is 232 g/mol. The fourth-order valence-corrected chi connectivity index (χ4v) is 2.85. The van der Waals surface area contributed by atoms with Gasteiger partial charge in [0.2, 0.25) is 0 Å². The zero-order valence-corrected chi connectivity index (χ0v) is 9.96. The molecule has 1 atom stereocenters. The molecule has 0 bridgehead atoms. The molecule has 0 radical (unpaired) electrons. The van der Waals surface area contributed by atoms with E-state index >= 15 is 0 Å². The summed E-state index contributed by atoms with van der Waals surface area (Å²) in [6.45, 7) is 2.38. The molecule has 1 aliphatic carbocycles. The highest BCUT2D eigenvalue weighted by Crippen LogP contribution is 2.51. The number of hydrogen-bond acceptors (Lipinski definition) is 4. The zero-order chi connectivity index (χ0) is 11.3. The number of aliphatic hydroxyl groups excluding tert-OH is 1. The van der Waals surface area contributed by atoms with Gasteiger partial charge in [0.25, 0.3) is 0 Å². The molecule has 0 heterocycles. The van der Waals surface area contributed by atoms with Crippen LogP contribution in [0.1, 0.15) is 32.6 Å². The van der Waals surface area contributed by atoms with Gasteiger partial charge in [0, 0.05) is 18.3 Å². The van der Waals surface area contributed by atoms with E-state index in [0.29, 0.717) is 17.5 Å². The number of thioether (sulfide) groups is 1. The number of hydrogen-bond donors (Lipinski definition) is 3. The lowest BCUT2D eigenvalue weighted by atomic mass is 10.1. The van der Waals surface area contributed by atoms with Crippen LogP contribution in [0.5, 0.6) is 0 Å². The van der Waals surface area contributed by atoms with E-state index in [-0.39, 0.29) is 12.0 Å². The summed E-state index contributed by atoms with van der Waals surface area (Å²) in [5.41, 5.74) is 5.78. The lowest BCUT2D eigenvalue weighted by Gasteiger charge is -2.16. The number of oxime groups is 1. The second-order valence-electron chi connectivity index (χ2n) is 4.40. The molecule has 1 rings (SSSR count). The van der Waals surface area contributed by atoms with Gasteiger partial charge in [-0.25, -0.2) is 0 Å². The van der Waals surface area contributed by atoms with Crippen molar-refractivity contribution in [2.75, 3.05) is 12.4 Å². The molecule has 1 unspecified atom stereocenters. The van der Waals surface area contributed by atoms with Crippen molar-refractivity contribution in [1.29, 1.82) is 0 Å². The summed E-state index contributed by atoms with van der Waals surface area (Å²) in [5, 5.41) is 20.8. The quantitative estimate of drug-likeness (QED) is 0.268. The molecule has 0 amide bonds. The Labute approximate surface area is 94.9 Å². The normalized spacial score (nSPS) is 21.3. The maximum absolute atomic E-state index is 8.78. The molecule has 1 fully saturated rings. The Morgan fingerprint density at radius 3 is 2.73 bits per heavy atom. The highest BCUT2D eigenvalue weighted by Gasteiger charge is 2.43. The first-order valence-electron chi connectivity index (χ1n) is 5.31. The minimum Gasteiger partial charge on any atom is -0.409 e. The van der Waals surface area contributed by atoms with Crippen LogP contribution < -0.4 is 5.73 Å². The van der Waals surface area contributed by atoms with Gasteiger partial charge in [-0.1, -0.05) is 12.1 Å². The number of nitrogens with zero attached hydrogens (tertiary/aromatic N) is 1. The SMILES string of the molecule is CC(CCO)SCC1(CC(N)=NO)CC1. The standard InChI is InChI=1S/C10H20N2O2S/c1-8(2-5-13)15-7-10(3-4-10)6-9(11)12-14/h8,13-14H,2-7H2,1H3,(H2,11,12). The van der Waals surface area contributed by atoms with Crippen LogP contribution in [-0.4, -0.2) is 33.8 Å². The summed E-state index contributed by atoms with van der Waals surface area (Å²) in [4.78, 5) is 0. The van der Waals surface area contributed by atoms with E-state index in [2.05, 4.69) is 12.1 Å². The molecule has 1 aliphatic rings. The van der Waals surface area contributed by atoms with Gasteiger partial charge in [-0.15, -0.1) is 0 Å². The molecule has 0 spiro atoms. The topological polar surface area (TPSA) is 78.8 Å². The van der Waals surface area contributed by atoms with Crippen molar-refractivity contribution in [3.63, 3.8) is 0 Å². The lowest BCUT2D eigenvalue weighted by molar-refractivity contribution is 0.289. The summed E-state index contributed by atoms with van der Waals surface area (Å²) >= 11 is 1.87. The zero-order valence-electron chi connectivity index (χ0n) is 9.15. The third kappa shape index (κ3) is 4.30. The average Bonchev–Trinajstić information content (AvgIpc) is 2.96. The number of aliphatic hydroxyl groups is 1. The Kier molecular flexibility index (Phi) is 4.73. The van der Waals surface area contributed by atoms with Gasteiger partial charge in [-0.05, 0) is 30.4 Å². The Bertz CT molecular complexity index is 229. The fraction of sp³-hybridized carbons (Fsp3) is 0.900. The molecular formula is C10H20N2O2S. The van der Waals surface area contributed by atoms with Gasteiger partial charge >= 0.3 is 0 Å². The van der Waals surface area contributed by atoms with E-state index in [9.17, 15) is 0 Å². The minimum absolute atomic E-state index is 0.251. The van der Waals surface area contributed by atoms with Crippen molar-refractivity contribution in [3.8, 4) is 0 Å². The van der Waals surface area contributed by atoms with Crippen molar-refractivity contribution in [2.24, 2.45) is 16.3 Å². The molecule has 15 heavy (non-hydrogen) atoms. The highest BCUT2D eigenvalue weighted by molar-refractivity contribution is 7.99. The van der Waals surface area contributed by atoms with E-state index in [4.69, 9.17) is 16.0 Å². The molecule has 0 aromatic heterocycles. The Morgan fingerprint density at radius 1 is 1.60 bits per heavy atom. The highest BCUT2D eigenvalue weighted by atomic mass is 32.2. The third-order valence-corrected chi connectivity index (χ3v) is 4.44. The van der Waals surface area contributed by atoms with E-state index in [1.165, 1.54) is 12.8 Å². The van der Waals surface area contributed by atoms with Crippen molar-refractivity contribution in [2.45, 2.75) is 37.9 Å². The largest absolute Gasteiger partial charge is 0.409 e. The molecule has 88 valence electrons. The molecule has 0 aromatic carbocycles. The first-order chi connectivity index (χ1) is 7.12. The van der Waals surface area contributed by atoms with Gasteiger partial charge in [-0.2, -0.15) is 11.8 Å². The van der Waals surface area contributed by atoms with E-state index in [1.807, 2.05) is 11.8 Å². The molecule has 4 nitrogen and oxygen atoms in total. The molecule has 0 aliphatic heterocycles. The van der Waals surface area contributed by atoms with Crippen molar-refractivity contribution in [1.82, 2.24) is 0 Å². The van der Waals surface area contributed by atoms with Crippen molar-refractivity contribution in [3.05, 3.63) is 0 Å². The predicted octanol–water partition coefficient (Wildman–Crippen LogP) is 1.41. The molecule has 1 saturated carbocycles. The van der Waals surface area contributed by atoms with Gasteiger partial charge in [0.1, 0.15) is 5.84 Å². The Morgan fingerprint density at radius 2 is 2.27 bits per heavy atom. The first-order valence-corrected chi connectivity index (χ1v) is 6.36. The molecule has 0 aromatic rings. The first kappa shape index (κ1) is 12.6. The van der Waals surface area contributed by atoms with Crippen LogP contribution in [0.25, 0.3) is 0 Å². The Hall–Kier alpha value is -0.420. The summed E-state index contributed by atoms with van der Waals surface area (Å²) in [7, 11) is 0. The van der Waals surface area contributed by atoms with Crippen LogP contribution in [0.4, 0.5) is 0 Å². The van der Waals surface area contributed by atoms with Gasteiger partial charge in [-0.3, -0.25) is 0 Å². The summed E-state index contributed by atoms with van der Waals surface area (Å²) in [6.07, 6.45) is 3.87. The summed E-state index contributed by atoms with van der Waals surface area (Å²) in [6, 6.07) is 0. The van der Waals surface area contributed by atoms with Crippen LogP contribution in [0.2, 0.25) is 0 Å². The van der Waals surface area contributed by atoms with Crippen LogP contribution in [0.15, 0.2) is 5.16 Å². The molecular weight excluding hydrogens is 212 g/mol. The third-order valence-electron chi connectivity index (χ3n) is 2.85. The van der Waals surface area contributed by atoms with Crippen LogP contribution in [-0.2, 0) is 0 Å². The maximum atomic E-state index is 8.78. The van der Waals surface area contributed by atoms with E-state index in [1.54, 1.807) is 0 Å². The minimum atomic E-state index is 0.251. The summed E-state index contributed by atoms with van der Waals surface area (Å²) < 4.78 is 0. The van der Waals surface area contributed by atoms with Crippen LogP contribution >= 0.6 is 11.8 Å². The van der Waals surface area contributed by atoms with Gasteiger partial charge < -0.3 is 16.0 Å². The van der Waals surface area contributed by atoms with Crippen LogP contribution in [0, 0.1) is 5.41 Å². The van der Waals surface area contributed by atoms with Crippen molar-refractivity contribution < 1.29 is 10.3 Å². The molecule has 0 saturated heterocycles.